The third-order valence-electron chi connectivity index (χ3n) is 3.72. The van der Waals surface area contributed by atoms with E-state index in [2.05, 4.69) is 4.72 Å². The highest BCUT2D eigenvalue weighted by atomic mass is 32.2. The molecule has 26 heavy (non-hydrogen) atoms. The first-order valence-electron chi connectivity index (χ1n) is 8.11. The largest absolute Gasteiger partial charge is 0.451 e. The van der Waals surface area contributed by atoms with E-state index in [0.29, 0.717) is 16.8 Å². The number of anilines is 1. The van der Waals surface area contributed by atoms with E-state index in [0.717, 1.165) is 18.2 Å². The van der Waals surface area contributed by atoms with Gasteiger partial charge in [0.1, 0.15) is 0 Å². The van der Waals surface area contributed by atoms with E-state index in [-0.39, 0.29) is 5.78 Å². The molecule has 0 bridgehead atoms. The monoisotopic (exact) mass is 375 g/mol. The summed E-state index contributed by atoms with van der Waals surface area (Å²) in [4.78, 5) is 24.5. The van der Waals surface area contributed by atoms with Crippen molar-refractivity contribution in [3.05, 3.63) is 65.2 Å². The summed E-state index contributed by atoms with van der Waals surface area (Å²) in [6, 6.07) is 13.0. The minimum atomic E-state index is -3.38. The summed E-state index contributed by atoms with van der Waals surface area (Å²) in [7, 11) is -3.38. The molecule has 2 rings (SSSR count). The Labute approximate surface area is 153 Å². The first-order valence-corrected chi connectivity index (χ1v) is 10.0. The van der Waals surface area contributed by atoms with Crippen molar-refractivity contribution in [1.29, 1.82) is 0 Å². The van der Waals surface area contributed by atoms with Crippen molar-refractivity contribution in [2.45, 2.75) is 26.4 Å². The van der Waals surface area contributed by atoms with Gasteiger partial charge < -0.3 is 4.74 Å². The fourth-order valence-corrected chi connectivity index (χ4v) is 2.87. The van der Waals surface area contributed by atoms with Crippen LogP contribution in [0.4, 0.5) is 5.69 Å². The molecule has 2 aromatic carbocycles. The smallest absolute Gasteiger partial charge is 0.338 e. The van der Waals surface area contributed by atoms with Crippen LogP contribution in [0.25, 0.3) is 0 Å². The second-order valence-electron chi connectivity index (χ2n) is 5.91. The van der Waals surface area contributed by atoms with E-state index in [1.807, 2.05) is 19.1 Å². The molecule has 0 aliphatic rings. The predicted octanol–water partition coefficient (Wildman–Crippen LogP) is 3.05. The van der Waals surface area contributed by atoms with Crippen LogP contribution in [-0.4, -0.2) is 32.5 Å². The Morgan fingerprint density at radius 3 is 2.04 bits per heavy atom. The number of sulfonamides is 1. The molecule has 0 spiro atoms. The molecular weight excluding hydrogens is 354 g/mol. The van der Waals surface area contributed by atoms with E-state index < -0.39 is 22.1 Å². The van der Waals surface area contributed by atoms with Crippen LogP contribution in [0.15, 0.2) is 48.5 Å². The number of rotatable bonds is 7. The van der Waals surface area contributed by atoms with Crippen LogP contribution in [0.1, 0.15) is 40.1 Å². The number of nitrogens with one attached hydrogen (secondary N) is 1. The molecule has 7 heteroatoms. The van der Waals surface area contributed by atoms with Crippen LogP contribution >= 0.6 is 0 Å². The lowest BCUT2D eigenvalue weighted by molar-refractivity contribution is 0.0319. The summed E-state index contributed by atoms with van der Waals surface area (Å²) in [5.41, 5.74) is 2.17. The van der Waals surface area contributed by atoms with Gasteiger partial charge in [-0.3, -0.25) is 9.52 Å². The fraction of sp³-hybridized carbons (Fsp3) is 0.263. The van der Waals surface area contributed by atoms with E-state index in [1.54, 1.807) is 12.1 Å². The number of hydrogen-bond acceptors (Lipinski definition) is 5. The van der Waals surface area contributed by atoms with Crippen molar-refractivity contribution in [1.82, 2.24) is 0 Å². The van der Waals surface area contributed by atoms with E-state index >= 15 is 0 Å². The number of ether oxygens (including phenoxy) is 1. The number of hydrogen-bond donors (Lipinski definition) is 1. The molecule has 0 amide bonds. The molecule has 0 saturated heterocycles. The van der Waals surface area contributed by atoms with Crippen LogP contribution in [0.2, 0.25) is 0 Å². The highest BCUT2D eigenvalue weighted by Gasteiger charge is 2.20. The standard InChI is InChI=1S/C19H21NO5S/c1-4-14-5-7-16(8-6-14)19(22)25-13(2)18(21)15-9-11-17(12-10-15)20-26(3,23)24/h5-13,20H,4H2,1-3H3/t13-/m0/s1. The third-order valence-corrected chi connectivity index (χ3v) is 4.33. The van der Waals surface area contributed by atoms with Gasteiger partial charge in [0.25, 0.3) is 0 Å². The molecule has 0 unspecified atom stereocenters. The van der Waals surface area contributed by atoms with Gasteiger partial charge >= 0.3 is 5.97 Å². The van der Waals surface area contributed by atoms with Gasteiger partial charge in [0.15, 0.2) is 6.10 Å². The quantitative estimate of drug-likeness (QED) is 0.593. The normalized spacial score (nSPS) is 12.3. The third kappa shape index (κ3) is 5.42. The maximum atomic E-state index is 12.4. The Hall–Kier alpha value is -2.67. The summed E-state index contributed by atoms with van der Waals surface area (Å²) in [6.07, 6.45) is 0.955. The summed E-state index contributed by atoms with van der Waals surface area (Å²) in [5, 5.41) is 0. The van der Waals surface area contributed by atoms with E-state index in [1.165, 1.54) is 31.2 Å². The van der Waals surface area contributed by atoms with Crippen LogP contribution in [-0.2, 0) is 21.2 Å². The number of Topliss-reactive ketones (excluding diaryl/α,β-unsaturated/α-hetero) is 1. The molecule has 6 nitrogen and oxygen atoms in total. The van der Waals surface area contributed by atoms with Crippen LogP contribution in [0.3, 0.4) is 0 Å². The van der Waals surface area contributed by atoms with Crippen molar-refractivity contribution in [3.8, 4) is 0 Å². The second-order valence-corrected chi connectivity index (χ2v) is 7.66. The molecular formula is C19H21NO5S. The zero-order valence-electron chi connectivity index (χ0n) is 14.9. The average Bonchev–Trinajstić information content (AvgIpc) is 2.60. The van der Waals surface area contributed by atoms with Crippen molar-refractivity contribution in [2.24, 2.45) is 0 Å². The van der Waals surface area contributed by atoms with E-state index in [4.69, 9.17) is 4.74 Å². The van der Waals surface area contributed by atoms with Crippen molar-refractivity contribution < 1.29 is 22.7 Å². The minimum absolute atomic E-state index is 0.325. The van der Waals surface area contributed by atoms with Gasteiger partial charge in [-0.2, -0.15) is 0 Å². The number of carbonyl (C=O) groups is 2. The molecule has 0 radical (unpaired) electrons. The zero-order chi connectivity index (χ0) is 19.3. The lowest BCUT2D eigenvalue weighted by Crippen LogP contribution is -2.24. The Bertz CT molecular complexity index is 887. The van der Waals surface area contributed by atoms with Gasteiger partial charge in [0.05, 0.1) is 11.8 Å². The van der Waals surface area contributed by atoms with Gasteiger partial charge in [-0.25, -0.2) is 13.2 Å². The van der Waals surface area contributed by atoms with Crippen molar-refractivity contribution >= 4 is 27.5 Å². The van der Waals surface area contributed by atoms with Gasteiger partial charge in [0.2, 0.25) is 15.8 Å². The van der Waals surface area contributed by atoms with Crippen LogP contribution < -0.4 is 4.72 Å². The maximum Gasteiger partial charge on any atom is 0.338 e. The molecule has 1 atom stereocenters. The van der Waals surface area contributed by atoms with Crippen molar-refractivity contribution in [2.75, 3.05) is 11.0 Å². The number of aryl methyl sites for hydroxylation is 1. The van der Waals surface area contributed by atoms with Gasteiger partial charge in [-0.1, -0.05) is 19.1 Å². The highest BCUT2D eigenvalue weighted by Crippen LogP contribution is 2.15. The summed E-state index contributed by atoms with van der Waals surface area (Å²) in [6.45, 7) is 3.52. The molecule has 0 fully saturated rings. The Morgan fingerprint density at radius 2 is 1.54 bits per heavy atom. The first kappa shape index (κ1) is 19.7. The lowest BCUT2D eigenvalue weighted by Gasteiger charge is -2.13. The maximum absolute atomic E-state index is 12.4. The summed E-state index contributed by atoms with van der Waals surface area (Å²) in [5.74, 6) is -0.932. The molecule has 0 aromatic heterocycles. The molecule has 138 valence electrons. The Morgan fingerprint density at radius 1 is 1.00 bits per heavy atom. The zero-order valence-corrected chi connectivity index (χ0v) is 15.7. The van der Waals surface area contributed by atoms with Crippen LogP contribution in [0, 0.1) is 0 Å². The van der Waals surface area contributed by atoms with Crippen LogP contribution in [0.5, 0.6) is 0 Å². The lowest BCUT2D eigenvalue weighted by atomic mass is 10.1. The topological polar surface area (TPSA) is 89.5 Å². The number of carbonyl (C=O) groups excluding carboxylic acids is 2. The first-order chi connectivity index (χ1) is 12.2. The van der Waals surface area contributed by atoms with E-state index in [9.17, 15) is 18.0 Å². The molecule has 0 saturated carbocycles. The number of ketones is 1. The Balaban J connectivity index is 2.03. The predicted molar refractivity (Wildman–Crippen MR) is 99.9 cm³/mol. The molecule has 0 heterocycles. The molecule has 2 aromatic rings. The number of esters is 1. The van der Waals surface area contributed by atoms with Gasteiger partial charge in [-0.05, 0) is 55.3 Å². The van der Waals surface area contributed by atoms with Gasteiger partial charge in [-0.15, -0.1) is 0 Å². The highest BCUT2D eigenvalue weighted by molar-refractivity contribution is 7.92. The second kappa shape index (κ2) is 8.14. The average molecular weight is 375 g/mol. The Kier molecular flexibility index (Phi) is 6.15. The number of benzene rings is 2. The van der Waals surface area contributed by atoms with Crippen molar-refractivity contribution in [3.63, 3.8) is 0 Å². The molecule has 0 aliphatic carbocycles. The SMILES string of the molecule is CCc1ccc(C(=O)O[C@@H](C)C(=O)c2ccc(NS(C)(=O)=O)cc2)cc1. The fourth-order valence-electron chi connectivity index (χ4n) is 2.31. The van der Waals surface area contributed by atoms with Gasteiger partial charge in [0, 0.05) is 11.3 Å². The summed E-state index contributed by atoms with van der Waals surface area (Å²) < 4.78 is 29.9. The molecule has 1 N–H and O–H groups in total. The molecule has 0 aliphatic heterocycles. The minimum Gasteiger partial charge on any atom is -0.451 e. The summed E-state index contributed by atoms with van der Waals surface area (Å²) >= 11 is 0.